The summed E-state index contributed by atoms with van der Waals surface area (Å²) in [7, 11) is -2.98. The van der Waals surface area contributed by atoms with Crippen LogP contribution in [0.1, 0.15) is 44.5 Å². The maximum Gasteiger partial charge on any atom is 0.488 e. The van der Waals surface area contributed by atoms with Crippen LogP contribution < -0.4 is 34.9 Å². The van der Waals surface area contributed by atoms with Crippen molar-refractivity contribution in [2.75, 3.05) is 0 Å². The van der Waals surface area contributed by atoms with Gasteiger partial charge in [-0.15, -0.1) is 0 Å². The molecule has 25 rings (SSSR count). The van der Waals surface area contributed by atoms with Crippen molar-refractivity contribution in [1.82, 2.24) is 44.9 Å². The fourth-order valence-corrected chi connectivity index (χ4v) is 20.6. The van der Waals surface area contributed by atoms with Crippen LogP contribution in [0.5, 0.6) is 0 Å². The predicted octanol–water partition coefficient (Wildman–Crippen LogP) is 26.2. The number of rotatable bonds is 18. The van der Waals surface area contributed by atoms with E-state index < -0.39 is 25.1 Å². The van der Waals surface area contributed by atoms with Gasteiger partial charge in [0.15, 0.2) is 52.4 Å². The summed E-state index contributed by atoms with van der Waals surface area (Å²) >= 11 is 15.3. The van der Waals surface area contributed by atoms with Crippen molar-refractivity contribution in [2.24, 2.45) is 0 Å². The van der Waals surface area contributed by atoms with Crippen LogP contribution in [0.25, 0.3) is 158 Å². The van der Waals surface area contributed by atoms with Crippen molar-refractivity contribution in [1.29, 1.82) is 0 Å². The lowest BCUT2D eigenvalue weighted by molar-refractivity contribution is -0.0000333. The van der Waals surface area contributed by atoms with E-state index in [0.717, 1.165) is 110 Å². The monoisotopic (exact) mass is 2150 g/mol. The molecule has 720 valence electrons. The van der Waals surface area contributed by atoms with Crippen molar-refractivity contribution in [3.05, 3.63) is 593 Å². The van der Waals surface area contributed by atoms with E-state index in [1.165, 1.54) is 50.6 Å². The van der Waals surface area contributed by atoms with E-state index in [-0.39, 0.29) is 24.0 Å². The van der Waals surface area contributed by atoms with E-state index in [0.29, 0.717) is 73.4 Å². The Labute approximate surface area is 907 Å². The Morgan fingerprint density at radius 3 is 0.747 bits per heavy atom. The summed E-state index contributed by atoms with van der Waals surface area (Å²) in [5.74, 6) is 5.88. The van der Waals surface area contributed by atoms with Gasteiger partial charge in [-0.05, 0) is 166 Å². The average molecular weight is 2160 g/mol. The number of nitrogens with zero attached hydrogens (tertiary/aromatic N) is 9. The van der Waals surface area contributed by atoms with Crippen molar-refractivity contribution >= 4 is 64.3 Å². The Morgan fingerprint density at radius 1 is 0.187 bits per heavy atom. The zero-order valence-electron chi connectivity index (χ0n) is 80.8. The summed E-state index contributed by atoms with van der Waals surface area (Å²) < 4.78 is 0.993. The highest BCUT2D eigenvalue weighted by molar-refractivity contribution is 9.10. The molecule has 3 aromatic heterocycles. The van der Waals surface area contributed by atoms with Gasteiger partial charge in [-0.1, -0.05) is 518 Å². The van der Waals surface area contributed by atoms with Gasteiger partial charge in [-0.3, -0.25) is 0 Å². The molecule has 19 heteroatoms. The van der Waals surface area contributed by atoms with E-state index >= 15 is 0 Å². The van der Waals surface area contributed by atoms with Crippen LogP contribution in [-0.4, -0.2) is 79.2 Å². The lowest BCUT2D eigenvalue weighted by Gasteiger charge is -2.35. The molecule has 4 N–H and O–H groups in total. The van der Waals surface area contributed by atoms with Gasteiger partial charge in [-0.25, -0.2) is 44.9 Å². The number of fused-ring (bicyclic) bond motifs is 6. The minimum Gasteiger partial charge on any atom is -1.00 e. The highest BCUT2D eigenvalue weighted by atomic mass is 127. The molecule has 0 unspecified atom stereocenters. The zero-order valence-corrected chi connectivity index (χ0v) is 86.0. The number of aromatic nitrogens is 9. The van der Waals surface area contributed by atoms with Crippen LogP contribution in [0.15, 0.2) is 538 Å². The Bertz CT molecular complexity index is 8390. The minimum atomic E-state index is -1.55. The van der Waals surface area contributed by atoms with Gasteiger partial charge >= 0.3 is 14.2 Å². The number of halogens is 4. The lowest BCUT2D eigenvalue weighted by atomic mass is 9.62. The van der Waals surface area contributed by atoms with Gasteiger partial charge in [0.2, 0.25) is 0 Å². The molecule has 150 heavy (non-hydrogen) atoms. The Hall–Kier alpha value is -16.8. The SMILES string of the molecule is Brc1cccc(-c2nc(-c3ccccc3)nc(-c3ccccc3)n2)c1.Clc1cccc(-c2cccc(-c3nc(-c4ccccc4)nc(-c4ccccc4)n3)c2)c1.OB(O)c1cccc(Cl)c1.OB(O)c1cccc2c1C(c1ccccc1)(c1ccccc1)c1ccccc1-2.[I-].c1ccc(-c2nc(-c3ccccc3)nc(-c3cccc(-c4cccc(-c5cccc6c5C(c5ccccc5)(c5ccccc5)c5ccccc5-6)c4)c3)n2)cc1. The predicted molar refractivity (Wildman–Crippen MR) is 610 cm³/mol. The van der Waals surface area contributed by atoms with Crippen LogP contribution >= 0.6 is 39.1 Å². The summed E-state index contributed by atoms with van der Waals surface area (Å²) in [6, 6.07) is 181. The maximum atomic E-state index is 10.2. The van der Waals surface area contributed by atoms with Gasteiger partial charge in [0.25, 0.3) is 0 Å². The highest BCUT2D eigenvalue weighted by Crippen LogP contribution is 2.60. The minimum absolute atomic E-state index is 0. The third kappa shape index (κ3) is 21.6. The second-order valence-electron chi connectivity index (χ2n) is 35.7. The summed E-state index contributed by atoms with van der Waals surface area (Å²) in [4.78, 5) is 43.4. The van der Waals surface area contributed by atoms with E-state index in [2.05, 4.69) is 233 Å². The third-order valence-corrected chi connectivity index (χ3v) is 27.5. The van der Waals surface area contributed by atoms with Crippen molar-refractivity contribution in [3.63, 3.8) is 0 Å². The fraction of sp³-hybridized carbons (Fsp3) is 0.0153. The van der Waals surface area contributed by atoms with Crippen LogP contribution in [0, 0.1) is 0 Å². The van der Waals surface area contributed by atoms with Crippen LogP contribution in [0.4, 0.5) is 0 Å². The van der Waals surface area contributed by atoms with Crippen molar-refractivity contribution in [2.45, 2.75) is 10.8 Å². The molecule has 13 nitrogen and oxygen atoms in total. The number of hydrogen-bond acceptors (Lipinski definition) is 13. The van der Waals surface area contributed by atoms with Gasteiger partial charge in [0, 0.05) is 64.6 Å². The molecular formula is C131H92B2BrCl2IN9O4-. The molecule has 23 aromatic rings. The van der Waals surface area contributed by atoms with E-state index in [1.807, 2.05) is 297 Å². The van der Waals surface area contributed by atoms with E-state index in [4.69, 9.17) is 73.1 Å². The van der Waals surface area contributed by atoms with Gasteiger partial charge in [-0.2, -0.15) is 0 Å². The van der Waals surface area contributed by atoms with E-state index in [9.17, 15) is 10.0 Å². The second kappa shape index (κ2) is 46.5. The zero-order chi connectivity index (χ0) is 101. The summed E-state index contributed by atoms with van der Waals surface area (Å²) in [5, 5.41) is 39.0. The molecule has 0 amide bonds. The maximum absolute atomic E-state index is 10.2. The van der Waals surface area contributed by atoms with Gasteiger partial charge in [0.05, 0.1) is 10.8 Å². The molecule has 0 aliphatic heterocycles. The lowest BCUT2D eigenvalue weighted by Crippen LogP contribution is -3.00. The summed E-state index contributed by atoms with van der Waals surface area (Å²) in [6.07, 6.45) is 0. The van der Waals surface area contributed by atoms with Crippen LogP contribution in [-0.2, 0) is 10.8 Å². The molecular weight excluding hydrogens is 2060 g/mol. The first-order valence-corrected chi connectivity index (χ1v) is 50.4. The topological polar surface area (TPSA) is 197 Å². The molecule has 0 bridgehead atoms. The van der Waals surface area contributed by atoms with Gasteiger partial charge in [0.1, 0.15) is 0 Å². The van der Waals surface area contributed by atoms with Crippen LogP contribution in [0.2, 0.25) is 10.0 Å². The third-order valence-electron chi connectivity index (χ3n) is 26.5. The fourth-order valence-electron chi connectivity index (χ4n) is 19.8. The Balaban J connectivity index is 0.000000123. The first-order valence-electron chi connectivity index (χ1n) is 48.9. The molecule has 3 heterocycles. The molecule has 20 aromatic carbocycles. The van der Waals surface area contributed by atoms with Gasteiger partial charge < -0.3 is 44.1 Å². The Morgan fingerprint density at radius 2 is 0.420 bits per heavy atom. The highest BCUT2D eigenvalue weighted by Gasteiger charge is 2.50. The second-order valence-corrected chi connectivity index (χ2v) is 37.5. The summed E-state index contributed by atoms with van der Waals surface area (Å²) in [5.41, 5.74) is 29.3. The first kappa shape index (κ1) is 100. The van der Waals surface area contributed by atoms with Crippen molar-refractivity contribution < 1.29 is 44.1 Å². The smallest absolute Gasteiger partial charge is 0.488 e. The molecule has 0 fully saturated rings. The van der Waals surface area contributed by atoms with Crippen molar-refractivity contribution in [3.8, 4) is 158 Å². The molecule has 2 aliphatic carbocycles. The normalized spacial score (nSPS) is 11.8. The quantitative estimate of drug-likeness (QED) is 0.0468. The molecule has 0 spiro atoms. The van der Waals surface area contributed by atoms with Crippen LogP contribution in [0.3, 0.4) is 0 Å². The Kier molecular flexibility index (Phi) is 31.2. The summed E-state index contributed by atoms with van der Waals surface area (Å²) in [6.45, 7) is 0. The largest absolute Gasteiger partial charge is 1.00 e. The standard InChI is InChI=1S/C52H35N3.C27H18ClN3.C25H19BO2.C21H14BrN3.C6H6BClO2.HI/c1-5-18-36(19-6-1)49-53-50(37-20-7-2-8-21-37)55-51(54-49)41-25-16-23-39(35-41)38-22-15-24-40(34-38)44-31-17-32-46-45-30-13-14-33-47(45)52(48(44)46,42-26-9-3-10-27-42)43-28-11-4-12-29-43;28-24-16-8-14-22(18-24)21-13-7-15-23(17-21)27-30-25(19-9-3-1-4-10-19)29-26(31-27)20-11-5-2-6-12-20;27-26(28)23-17-9-15-21-20-14-7-8-16-22(20)25(24(21)23,18-10-3-1-4-11-18)19-12-5-2-6-13-19;22-18-13-7-12-17(14-18)21-24-19(15-8-3-1-4-9-15)23-20(25-21)16-10-5-2-6-11-16;8-6-3-1-2-5(4-6)7(9)10;/h1-35H;1-18H;1-17,27-28H;1-14H;1-4,9-10H;1H/p-1. The van der Waals surface area contributed by atoms with E-state index in [1.54, 1.807) is 18.2 Å². The number of hydrogen-bond donors (Lipinski definition) is 4. The molecule has 0 saturated heterocycles. The molecule has 0 radical (unpaired) electrons. The first-order chi connectivity index (χ1) is 73.3. The molecule has 0 atom stereocenters. The average Bonchev–Trinajstić information content (AvgIpc) is 1.53. The number of benzene rings is 20. The molecule has 0 saturated carbocycles. The molecule has 2 aliphatic rings.